The molecule has 3 aromatic heterocycles. The molecule has 0 aliphatic carbocycles. The van der Waals surface area contributed by atoms with Gasteiger partial charge in [-0.2, -0.15) is 10.2 Å². The van der Waals surface area contributed by atoms with Gasteiger partial charge in [0.25, 0.3) is 5.89 Å². The molecule has 130 valence electrons. The second-order valence-electron chi connectivity index (χ2n) is 5.66. The quantitative estimate of drug-likeness (QED) is 0.550. The molecular formula is C20H13N5O2. The number of nitriles is 1. The van der Waals surface area contributed by atoms with Crippen molar-refractivity contribution in [2.75, 3.05) is 7.11 Å². The molecule has 0 unspecified atom stereocenters. The minimum atomic E-state index is 0.347. The van der Waals surface area contributed by atoms with E-state index in [9.17, 15) is 0 Å². The van der Waals surface area contributed by atoms with Crippen LogP contribution in [0.2, 0.25) is 0 Å². The van der Waals surface area contributed by atoms with Gasteiger partial charge in [-0.05, 0) is 42.0 Å². The molecule has 0 aliphatic heterocycles. The average Bonchev–Trinajstić information content (AvgIpc) is 3.24. The van der Waals surface area contributed by atoms with E-state index in [0.29, 0.717) is 28.7 Å². The van der Waals surface area contributed by atoms with Gasteiger partial charge >= 0.3 is 0 Å². The summed E-state index contributed by atoms with van der Waals surface area (Å²) in [7, 11) is 1.60. The Balaban J connectivity index is 1.73. The number of nitrogens with zero attached hydrogens (tertiary/aromatic N) is 5. The van der Waals surface area contributed by atoms with Crippen molar-refractivity contribution in [1.82, 2.24) is 20.1 Å². The lowest BCUT2D eigenvalue weighted by Crippen LogP contribution is -1.89. The second-order valence-corrected chi connectivity index (χ2v) is 5.66. The van der Waals surface area contributed by atoms with Crippen molar-refractivity contribution in [3.63, 3.8) is 0 Å². The molecule has 0 radical (unpaired) electrons. The fourth-order valence-corrected chi connectivity index (χ4v) is 2.58. The fourth-order valence-electron chi connectivity index (χ4n) is 2.58. The van der Waals surface area contributed by atoms with E-state index in [0.717, 1.165) is 16.7 Å². The summed E-state index contributed by atoms with van der Waals surface area (Å²) >= 11 is 0. The fraction of sp³-hybridized carbons (Fsp3) is 0.0500. The Morgan fingerprint density at radius 3 is 2.63 bits per heavy atom. The van der Waals surface area contributed by atoms with Gasteiger partial charge in [-0.15, -0.1) is 0 Å². The first-order valence-electron chi connectivity index (χ1n) is 8.07. The first-order chi connectivity index (χ1) is 13.3. The van der Waals surface area contributed by atoms with Crippen molar-refractivity contribution in [3.8, 4) is 45.9 Å². The lowest BCUT2D eigenvalue weighted by molar-refractivity contribution is 0.413. The highest BCUT2D eigenvalue weighted by Gasteiger charge is 2.14. The summed E-state index contributed by atoms with van der Waals surface area (Å²) in [6.07, 6.45) is 4.97. The Bertz CT molecular complexity index is 1120. The highest BCUT2D eigenvalue weighted by molar-refractivity contribution is 5.72. The van der Waals surface area contributed by atoms with Gasteiger partial charge < -0.3 is 9.26 Å². The molecule has 7 nitrogen and oxygen atoms in total. The summed E-state index contributed by atoms with van der Waals surface area (Å²) in [5.41, 5.74) is 3.59. The van der Waals surface area contributed by atoms with Crippen LogP contribution >= 0.6 is 0 Å². The zero-order valence-electron chi connectivity index (χ0n) is 14.3. The van der Waals surface area contributed by atoms with E-state index in [-0.39, 0.29) is 0 Å². The number of ether oxygens (including phenoxy) is 1. The van der Waals surface area contributed by atoms with Crippen molar-refractivity contribution >= 4 is 0 Å². The Morgan fingerprint density at radius 1 is 1.04 bits per heavy atom. The highest BCUT2D eigenvalue weighted by Crippen LogP contribution is 2.31. The predicted molar refractivity (Wildman–Crippen MR) is 97.5 cm³/mol. The van der Waals surface area contributed by atoms with E-state index in [1.165, 1.54) is 6.20 Å². The standard InChI is InChI=1S/C20H13N5O2/c1-26-17-8-15(14-3-2-6-22-12-14)7-16(9-17)20-24-19(25-27-20)18-5-4-13(10-21)11-23-18/h2-9,11-12H,1H3. The van der Waals surface area contributed by atoms with Crippen LogP contribution in [-0.4, -0.2) is 27.2 Å². The first kappa shape index (κ1) is 16.4. The maximum absolute atomic E-state index is 8.87. The van der Waals surface area contributed by atoms with Crippen LogP contribution in [0.25, 0.3) is 34.1 Å². The Morgan fingerprint density at radius 2 is 1.93 bits per heavy atom. The van der Waals surface area contributed by atoms with Gasteiger partial charge in [0.05, 0.1) is 12.7 Å². The molecule has 3 heterocycles. The maximum atomic E-state index is 8.87. The third-order valence-corrected chi connectivity index (χ3v) is 3.93. The molecule has 7 heteroatoms. The van der Waals surface area contributed by atoms with Gasteiger partial charge in [-0.25, -0.2) is 0 Å². The zero-order chi connectivity index (χ0) is 18.6. The molecule has 4 aromatic rings. The molecule has 0 saturated carbocycles. The third-order valence-electron chi connectivity index (χ3n) is 3.93. The van der Waals surface area contributed by atoms with Crippen LogP contribution in [-0.2, 0) is 0 Å². The number of aromatic nitrogens is 4. The van der Waals surface area contributed by atoms with E-state index in [4.69, 9.17) is 14.5 Å². The van der Waals surface area contributed by atoms with Gasteiger partial charge in [0.2, 0.25) is 5.82 Å². The molecule has 0 N–H and O–H groups in total. The average molecular weight is 355 g/mol. The number of rotatable bonds is 4. The molecular weight excluding hydrogens is 342 g/mol. The van der Waals surface area contributed by atoms with Crippen molar-refractivity contribution in [2.24, 2.45) is 0 Å². The van der Waals surface area contributed by atoms with Crippen LogP contribution in [0.5, 0.6) is 5.75 Å². The Kier molecular flexibility index (Phi) is 4.29. The minimum Gasteiger partial charge on any atom is -0.497 e. The summed E-state index contributed by atoms with van der Waals surface area (Å²) in [5.74, 6) is 1.36. The van der Waals surface area contributed by atoms with Crippen LogP contribution in [0.1, 0.15) is 5.56 Å². The molecule has 0 bridgehead atoms. The molecule has 0 amide bonds. The summed E-state index contributed by atoms with van der Waals surface area (Å²) in [4.78, 5) is 12.8. The van der Waals surface area contributed by atoms with Gasteiger partial charge in [-0.1, -0.05) is 11.2 Å². The lowest BCUT2D eigenvalue weighted by Gasteiger charge is -2.07. The van der Waals surface area contributed by atoms with E-state index >= 15 is 0 Å². The van der Waals surface area contributed by atoms with Gasteiger partial charge in [0.15, 0.2) is 0 Å². The zero-order valence-corrected chi connectivity index (χ0v) is 14.3. The van der Waals surface area contributed by atoms with Gasteiger partial charge in [0, 0.05) is 29.7 Å². The SMILES string of the molecule is COc1cc(-c2cccnc2)cc(-c2nc(-c3ccc(C#N)cn3)no2)c1. The minimum absolute atomic E-state index is 0.347. The number of pyridine rings is 2. The maximum Gasteiger partial charge on any atom is 0.258 e. The molecule has 0 aliphatic rings. The monoisotopic (exact) mass is 355 g/mol. The number of hydrogen-bond acceptors (Lipinski definition) is 7. The lowest BCUT2D eigenvalue weighted by atomic mass is 10.0. The largest absolute Gasteiger partial charge is 0.497 e. The van der Waals surface area contributed by atoms with Crippen LogP contribution in [0.15, 0.2) is 65.6 Å². The number of hydrogen-bond donors (Lipinski definition) is 0. The smallest absolute Gasteiger partial charge is 0.258 e. The van der Waals surface area contributed by atoms with E-state index in [2.05, 4.69) is 20.1 Å². The summed E-state index contributed by atoms with van der Waals surface area (Å²) in [6.45, 7) is 0. The Hall–Kier alpha value is -4.05. The summed E-state index contributed by atoms with van der Waals surface area (Å²) in [5, 5.41) is 12.9. The van der Waals surface area contributed by atoms with Crippen molar-refractivity contribution in [2.45, 2.75) is 0 Å². The normalized spacial score (nSPS) is 10.4. The third kappa shape index (κ3) is 3.37. The van der Waals surface area contributed by atoms with Gasteiger partial charge in [-0.3, -0.25) is 9.97 Å². The van der Waals surface area contributed by atoms with E-state index < -0.39 is 0 Å². The van der Waals surface area contributed by atoms with Crippen molar-refractivity contribution in [1.29, 1.82) is 5.26 Å². The summed E-state index contributed by atoms with van der Waals surface area (Å²) in [6, 6.07) is 14.9. The number of methoxy groups -OCH3 is 1. The van der Waals surface area contributed by atoms with E-state index in [1.54, 1.807) is 31.6 Å². The Labute approximate surface area is 154 Å². The van der Waals surface area contributed by atoms with Crippen LogP contribution in [0.4, 0.5) is 0 Å². The van der Waals surface area contributed by atoms with Crippen LogP contribution < -0.4 is 4.74 Å². The molecule has 0 fully saturated rings. The highest BCUT2D eigenvalue weighted by atomic mass is 16.5. The topological polar surface area (TPSA) is 97.7 Å². The first-order valence-corrected chi connectivity index (χ1v) is 8.07. The second kappa shape index (κ2) is 7.06. The molecule has 4 rings (SSSR count). The molecule has 1 aromatic carbocycles. The van der Waals surface area contributed by atoms with Gasteiger partial charge in [0.1, 0.15) is 17.5 Å². The predicted octanol–water partition coefficient (Wildman–Crippen LogP) is 3.74. The van der Waals surface area contributed by atoms with E-state index in [1.807, 2.05) is 36.4 Å². The van der Waals surface area contributed by atoms with Crippen molar-refractivity contribution in [3.05, 3.63) is 66.6 Å². The molecule has 0 atom stereocenters. The molecule has 0 saturated heterocycles. The number of benzene rings is 1. The van der Waals surface area contributed by atoms with Crippen LogP contribution in [0, 0.1) is 11.3 Å². The summed E-state index contributed by atoms with van der Waals surface area (Å²) < 4.78 is 10.8. The van der Waals surface area contributed by atoms with Crippen molar-refractivity contribution < 1.29 is 9.26 Å². The van der Waals surface area contributed by atoms with Crippen LogP contribution in [0.3, 0.4) is 0 Å². The molecule has 27 heavy (non-hydrogen) atoms. The molecule has 0 spiro atoms.